The highest BCUT2D eigenvalue weighted by molar-refractivity contribution is 6.99. The Labute approximate surface area is 203 Å². The predicted molar refractivity (Wildman–Crippen MR) is 138 cm³/mol. The summed E-state index contributed by atoms with van der Waals surface area (Å²) in [6, 6.07) is 30.9. The molecule has 0 amide bonds. The lowest BCUT2D eigenvalue weighted by Gasteiger charge is -2.46. The first-order valence-electron chi connectivity index (χ1n) is 11.7. The van der Waals surface area contributed by atoms with Crippen LogP contribution in [-0.4, -0.2) is 33.1 Å². The van der Waals surface area contributed by atoms with E-state index in [1.807, 2.05) is 48.5 Å². The van der Waals surface area contributed by atoms with Crippen LogP contribution in [-0.2, 0) is 25.3 Å². The SMILES string of the molecule is CC(C)(C)[Si](O[C@H]1C=CC(=O)O[C@@H]1COCc1ccccc1)(c1ccccc1)c1ccccc1. The number of esters is 1. The summed E-state index contributed by atoms with van der Waals surface area (Å²) in [5.41, 5.74) is 1.07. The molecule has 3 aromatic rings. The molecule has 0 aromatic heterocycles. The number of rotatable bonds is 8. The molecule has 0 aliphatic carbocycles. The largest absolute Gasteiger partial charge is 0.454 e. The zero-order chi connectivity index (χ0) is 24.0. The Bertz CT molecular complexity index is 1050. The van der Waals surface area contributed by atoms with E-state index in [0.717, 1.165) is 5.56 Å². The van der Waals surface area contributed by atoms with Crippen molar-refractivity contribution in [3.63, 3.8) is 0 Å². The fraction of sp³-hybridized carbons (Fsp3) is 0.276. The third-order valence-corrected chi connectivity index (χ3v) is 11.2. The topological polar surface area (TPSA) is 44.8 Å². The van der Waals surface area contributed by atoms with E-state index in [4.69, 9.17) is 13.9 Å². The molecule has 0 bridgehead atoms. The fourth-order valence-electron chi connectivity index (χ4n) is 4.56. The normalized spacial score (nSPS) is 18.5. The first-order valence-corrected chi connectivity index (χ1v) is 13.6. The fourth-order valence-corrected chi connectivity index (χ4v) is 9.21. The summed E-state index contributed by atoms with van der Waals surface area (Å²) in [6.45, 7) is 7.41. The van der Waals surface area contributed by atoms with E-state index in [1.54, 1.807) is 0 Å². The van der Waals surface area contributed by atoms with E-state index in [-0.39, 0.29) is 17.6 Å². The second-order valence-electron chi connectivity index (χ2n) is 9.58. The Hall–Kier alpha value is -2.99. The van der Waals surface area contributed by atoms with Crippen LogP contribution < -0.4 is 10.4 Å². The zero-order valence-corrected chi connectivity index (χ0v) is 21.0. The molecule has 0 saturated carbocycles. The molecular weight excluding hydrogens is 440 g/mol. The van der Waals surface area contributed by atoms with Gasteiger partial charge in [0.2, 0.25) is 0 Å². The lowest BCUT2D eigenvalue weighted by atomic mass is 10.1. The van der Waals surface area contributed by atoms with Gasteiger partial charge >= 0.3 is 5.97 Å². The molecule has 3 aromatic carbocycles. The van der Waals surface area contributed by atoms with Crippen LogP contribution in [0.2, 0.25) is 5.04 Å². The monoisotopic (exact) mass is 472 g/mol. The second-order valence-corrected chi connectivity index (χ2v) is 13.8. The quantitative estimate of drug-likeness (QED) is 0.354. The van der Waals surface area contributed by atoms with E-state index in [1.165, 1.54) is 16.4 Å². The summed E-state index contributed by atoms with van der Waals surface area (Å²) in [4.78, 5) is 12.1. The summed E-state index contributed by atoms with van der Waals surface area (Å²) < 4.78 is 18.9. The highest BCUT2D eigenvalue weighted by atomic mass is 28.4. The van der Waals surface area contributed by atoms with Gasteiger partial charge in [0.25, 0.3) is 8.32 Å². The van der Waals surface area contributed by atoms with Crippen molar-refractivity contribution in [2.45, 2.75) is 44.6 Å². The van der Waals surface area contributed by atoms with Crippen molar-refractivity contribution in [3.05, 3.63) is 109 Å². The minimum Gasteiger partial charge on any atom is -0.454 e. The van der Waals surface area contributed by atoms with Gasteiger partial charge < -0.3 is 13.9 Å². The van der Waals surface area contributed by atoms with E-state index in [2.05, 4.69) is 69.3 Å². The summed E-state index contributed by atoms with van der Waals surface area (Å²) in [6.07, 6.45) is 2.36. The molecule has 0 unspecified atom stereocenters. The Morgan fingerprint density at radius 1 is 0.824 bits per heavy atom. The number of ether oxygens (including phenoxy) is 2. The Balaban J connectivity index is 1.67. The lowest BCUT2D eigenvalue weighted by Crippen LogP contribution is -2.68. The first-order chi connectivity index (χ1) is 16.4. The third kappa shape index (κ3) is 5.22. The Kier molecular flexibility index (Phi) is 7.46. The maximum absolute atomic E-state index is 12.1. The second kappa shape index (κ2) is 10.5. The third-order valence-electron chi connectivity index (χ3n) is 6.18. The number of carbonyl (C=O) groups is 1. The molecule has 0 saturated heterocycles. The van der Waals surface area contributed by atoms with Crippen molar-refractivity contribution in [3.8, 4) is 0 Å². The maximum atomic E-state index is 12.1. The van der Waals surface area contributed by atoms with Gasteiger partial charge in [0.15, 0.2) is 6.10 Å². The van der Waals surface area contributed by atoms with Crippen molar-refractivity contribution < 1.29 is 18.7 Å². The Morgan fingerprint density at radius 2 is 1.35 bits per heavy atom. The summed E-state index contributed by atoms with van der Waals surface area (Å²) >= 11 is 0. The molecule has 0 fully saturated rings. The molecule has 34 heavy (non-hydrogen) atoms. The van der Waals surface area contributed by atoms with Crippen molar-refractivity contribution in [2.75, 3.05) is 6.61 Å². The highest BCUT2D eigenvalue weighted by Crippen LogP contribution is 2.38. The number of hydrogen-bond acceptors (Lipinski definition) is 4. The maximum Gasteiger partial charge on any atom is 0.330 e. The zero-order valence-electron chi connectivity index (χ0n) is 20.0. The molecule has 1 heterocycles. The van der Waals surface area contributed by atoms with E-state index in [0.29, 0.717) is 6.61 Å². The highest BCUT2D eigenvalue weighted by Gasteiger charge is 2.52. The number of benzene rings is 3. The van der Waals surface area contributed by atoms with Crippen molar-refractivity contribution in [1.29, 1.82) is 0 Å². The van der Waals surface area contributed by atoms with Gasteiger partial charge in [-0.1, -0.05) is 112 Å². The molecule has 2 atom stereocenters. The summed E-state index contributed by atoms with van der Waals surface area (Å²) in [5.74, 6) is -0.365. The van der Waals surface area contributed by atoms with E-state index < -0.39 is 20.5 Å². The van der Waals surface area contributed by atoms with Crippen LogP contribution in [0.5, 0.6) is 0 Å². The molecule has 0 N–H and O–H groups in total. The van der Waals surface area contributed by atoms with Crippen molar-refractivity contribution in [1.82, 2.24) is 0 Å². The molecule has 5 heteroatoms. The predicted octanol–water partition coefficient (Wildman–Crippen LogP) is 4.63. The molecule has 0 spiro atoms. The molecule has 176 valence electrons. The van der Waals surface area contributed by atoms with Gasteiger partial charge in [0.05, 0.1) is 13.2 Å². The van der Waals surface area contributed by atoms with Crippen molar-refractivity contribution in [2.24, 2.45) is 0 Å². The van der Waals surface area contributed by atoms with Crippen LogP contribution in [0.3, 0.4) is 0 Å². The Morgan fingerprint density at radius 3 is 1.88 bits per heavy atom. The van der Waals surface area contributed by atoms with Crippen LogP contribution in [0.1, 0.15) is 26.3 Å². The van der Waals surface area contributed by atoms with Gasteiger partial charge in [-0.05, 0) is 27.1 Å². The van der Waals surface area contributed by atoms with Crippen LogP contribution in [0.15, 0.2) is 103 Å². The van der Waals surface area contributed by atoms with Gasteiger partial charge in [0, 0.05) is 6.08 Å². The molecule has 0 radical (unpaired) electrons. The minimum atomic E-state index is -2.80. The van der Waals surface area contributed by atoms with Gasteiger partial charge in [0.1, 0.15) is 6.10 Å². The van der Waals surface area contributed by atoms with Gasteiger partial charge in [-0.25, -0.2) is 4.79 Å². The van der Waals surface area contributed by atoms with Crippen LogP contribution >= 0.6 is 0 Å². The molecular formula is C29H32O4Si. The molecule has 1 aliphatic rings. The number of hydrogen-bond donors (Lipinski definition) is 0. The molecule has 4 rings (SSSR count). The van der Waals surface area contributed by atoms with Crippen LogP contribution in [0.25, 0.3) is 0 Å². The summed E-state index contributed by atoms with van der Waals surface area (Å²) in [7, 11) is -2.80. The molecule has 1 aliphatic heterocycles. The van der Waals surface area contributed by atoms with Gasteiger partial charge in [-0.15, -0.1) is 0 Å². The van der Waals surface area contributed by atoms with Crippen LogP contribution in [0, 0.1) is 0 Å². The van der Waals surface area contributed by atoms with E-state index >= 15 is 0 Å². The average Bonchev–Trinajstić information content (AvgIpc) is 2.85. The minimum absolute atomic E-state index is 0.180. The lowest BCUT2D eigenvalue weighted by molar-refractivity contribution is -0.153. The van der Waals surface area contributed by atoms with Crippen LogP contribution in [0.4, 0.5) is 0 Å². The smallest absolute Gasteiger partial charge is 0.330 e. The molecule has 4 nitrogen and oxygen atoms in total. The standard InChI is InChI=1S/C29H32O4Si/c1-29(2,3)34(24-15-9-5-10-16-24,25-17-11-6-12-18-25)33-26-19-20-28(30)32-27(26)22-31-21-23-13-7-4-8-14-23/h4-20,26-27H,21-22H2,1-3H3/t26-,27+/m0/s1. The summed E-state index contributed by atoms with van der Waals surface area (Å²) in [5, 5.41) is 2.19. The van der Waals surface area contributed by atoms with E-state index in [9.17, 15) is 4.79 Å². The van der Waals surface area contributed by atoms with Gasteiger partial charge in [-0.2, -0.15) is 0 Å². The first kappa shape index (κ1) is 24.1. The van der Waals surface area contributed by atoms with Crippen molar-refractivity contribution >= 4 is 24.7 Å². The number of cyclic esters (lactones) is 1. The number of carbonyl (C=O) groups excluding carboxylic acids is 1. The van der Waals surface area contributed by atoms with Gasteiger partial charge in [-0.3, -0.25) is 0 Å². The average molecular weight is 473 g/mol.